The maximum atomic E-state index is 13.5. The van der Waals surface area contributed by atoms with Crippen LogP contribution in [0.4, 0.5) is 0 Å². The molecular formula is C24H24N4O4. The van der Waals surface area contributed by atoms with Crippen LogP contribution in [0.1, 0.15) is 46.2 Å². The molecule has 8 nitrogen and oxygen atoms in total. The summed E-state index contributed by atoms with van der Waals surface area (Å²) in [6.45, 7) is 5.04. The summed E-state index contributed by atoms with van der Waals surface area (Å²) >= 11 is 0. The molecular weight excluding hydrogens is 408 g/mol. The predicted octanol–water partition coefficient (Wildman–Crippen LogP) is 2.48. The van der Waals surface area contributed by atoms with Crippen molar-refractivity contribution in [2.45, 2.75) is 39.0 Å². The zero-order chi connectivity index (χ0) is 22.5. The third-order valence-electron chi connectivity index (χ3n) is 6.15. The fourth-order valence-electron chi connectivity index (χ4n) is 4.56. The number of para-hydroxylation sites is 1. The highest BCUT2D eigenvalue weighted by Gasteiger charge is 2.44. The number of carbonyl (C=O) groups excluding carboxylic acids is 2. The second-order valence-electron chi connectivity index (χ2n) is 8.36. The first kappa shape index (κ1) is 20.2. The van der Waals surface area contributed by atoms with Crippen molar-refractivity contribution in [3.8, 4) is 5.75 Å². The van der Waals surface area contributed by atoms with Crippen molar-refractivity contribution in [2.75, 3.05) is 13.1 Å². The predicted molar refractivity (Wildman–Crippen MR) is 119 cm³/mol. The topological polar surface area (TPSA) is 93.5 Å². The van der Waals surface area contributed by atoms with Gasteiger partial charge in [0.1, 0.15) is 17.0 Å². The third kappa shape index (κ3) is 3.23. The Labute approximate surface area is 184 Å². The molecule has 2 aliphatic rings. The molecule has 0 aliphatic carbocycles. The quantitative estimate of drug-likeness (QED) is 0.672. The molecule has 2 aliphatic heterocycles. The number of rotatable bonds is 2. The number of likely N-dealkylation sites (tertiary alicyclic amines) is 1. The minimum absolute atomic E-state index is 0.101. The van der Waals surface area contributed by atoms with Gasteiger partial charge in [0.25, 0.3) is 11.8 Å². The van der Waals surface area contributed by atoms with Gasteiger partial charge in [0.2, 0.25) is 11.2 Å². The number of nitrogens with one attached hydrogen (secondary N) is 1. The maximum absolute atomic E-state index is 13.5. The van der Waals surface area contributed by atoms with Gasteiger partial charge >= 0.3 is 0 Å². The molecule has 1 saturated heterocycles. The lowest BCUT2D eigenvalue weighted by molar-refractivity contribution is -0.0314. The summed E-state index contributed by atoms with van der Waals surface area (Å²) in [5.74, 6) is -0.0804. The van der Waals surface area contributed by atoms with Crippen molar-refractivity contribution < 1.29 is 14.3 Å². The van der Waals surface area contributed by atoms with Crippen LogP contribution in [0.5, 0.6) is 5.75 Å². The minimum Gasteiger partial charge on any atom is -0.465 e. The van der Waals surface area contributed by atoms with Gasteiger partial charge in [-0.1, -0.05) is 12.1 Å². The molecule has 164 valence electrons. The number of aromatic nitrogens is 2. The Morgan fingerprint density at radius 2 is 2.03 bits per heavy atom. The molecule has 0 bridgehead atoms. The van der Waals surface area contributed by atoms with E-state index in [0.717, 1.165) is 5.69 Å². The summed E-state index contributed by atoms with van der Waals surface area (Å²) in [6.07, 6.45) is 2.82. The molecule has 1 N–H and O–H groups in total. The number of fused-ring (bicyclic) bond motifs is 2. The van der Waals surface area contributed by atoms with E-state index in [9.17, 15) is 14.4 Å². The van der Waals surface area contributed by atoms with Crippen LogP contribution in [0.25, 0.3) is 11.0 Å². The van der Waals surface area contributed by atoms with E-state index in [-0.39, 0.29) is 29.4 Å². The first-order chi connectivity index (χ1) is 15.4. The van der Waals surface area contributed by atoms with E-state index in [2.05, 4.69) is 10.3 Å². The van der Waals surface area contributed by atoms with Crippen LogP contribution in [0.2, 0.25) is 0 Å². The molecule has 2 aromatic heterocycles. The molecule has 2 amide bonds. The highest BCUT2D eigenvalue weighted by Crippen LogP contribution is 2.33. The molecule has 1 aromatic carbocycles. The number of ether oxygens (including phenoxy) is 1. The van der Waals surface area contributed by atoms with Crippen molar-refractivity contribution in [1.29, 1.82) is 0 Å². The summed E-state index contributed by atoms with van der Waals surface area (Å²) in [4.78, 5) is 45.4. The molecule has 0 saturated carbocycles. The van der Waals surface area contributed by atoms with E-state index < -0.39 is 5.72 Å². The highest BCUT2D eigenvalue weighted by molar-refractivity contribution is 5.99. The first-order valence-electron chi connectivity index (χ1n) is 10.8. The zero-order valence-corrected chi connectivity index (χ0v) is 18.1. The van der Waals surface area contributed by atoms with E-state index in [1.54, 1.807) is 41.4 Å². The molecule has 0 radical (unpaired) electrons. The monoisotopic (exact) mass is 432 g/mol. The summed E-state index contributed by atoms with van der Waals surface area (Å²) in [7, 11) is 0. The number of nitrogens with zero attached hydrogens (tertiary/aromatic N) is 3. The Kier molecular flexibility index (Phi) is 4.73. The van der Waals surface area contributed by atoms with Gasteiger partial charge in [-0.25, -0.2) is 4.98 Å². The van der Waals surface area contributed by atoms with Crippen molar-refractivity contribution in [2.24, 2.45) is 0 Å². The van der Waals surface area contributed by atoms with Gasteiger partial charge in [-0.2, -0.15) is 0 Å². The molecule has 3 aromatic rings. The van der Waals surface area contributed by atoms with Crippen LogP contribution in [0, 0.1) is 6.92 Å². The smallest absolute Gasteiger partial charge is 0.259 e. The fraction of sp³-hybridized carbons (Fsp3) is 0.333. The molecule has 1 unspecified atom stereocenters. The summed E-state index contributed by atoms with van der Waals surface area (Å²) < 4.78 is 8.01. The summed E-state index contributed by atoms with van der Waals surface area (Å²) in [5, 5.41) is 3.37. The lowest BCUT2D eigenvalue weighted by Gasteiger charge is -2.45. The normalized spacial score (nSPS) is 20.1. The number of carbonyl (C=O) groups is 2. The Hall–Kier alpha value is -3.68. The number of amides is 2. The Morgan fingerprint density at radius 3 is 2.84 bits per heavy atom. The molecule has 8 heteroatoms. The Morgan fingerprint density at radius 1 is 1.22 bits per heavy atom. The Bertz CT molecular complexity index is 1320. The third-order valence-corrected chi connectivity index (χ3v) is 6.15. The van der Waals surface area contributed by atoms with Crippen molar-refractivity contribution >= 4 is 22.8 Å². The van der Waals surface area contributed by atoms with E-state index in [1.807, 2.05) is 24.5 Å². The van der Waals surface area contributed by atoms with E-state index >= 15 is 0 Å². The highest BCUT2D eigenvalue weighted by atomic mass is 16.5. The van der Waals surface area contributed by atoms with E-state index in [4.69, 9.17) is 4.74 Å². The van der Waals surface area contributed by atoms with Crippen LogP contribution < -0.4 is 15.5 Å². The van der Waals surface area contributed by atoms with Crippen LogP contribution in [0.15, 0.2) is 47.4 Å². The fourth-order valence-corrected chi connectivity index (χ4v) is 4.56. The van der Waals surface area contributed by atoms with E-state index in [1.165, 1.54) is 0 Å². The van der Waals surface area contributed by atoms with Gasteiger partial charge in [-0.3, -0.25) is 14.4 Å². The largest absolute Gasteiger partial charge is 0.465 e. The van der Waals surface area contributed by atoms with E-state index in [0.29, 0.717) is 48.3 Å². The van der Waals surface area contributed by atoms with Gasteiger partial charge in [0, 0.05) is 31.4 Å². The summed E-state index contributed by atoms with van der Waals surface area (Å²) in [6, 6.07) is 10.6. The molecule has 1 atom stereocenters. The van der Waals surface area contributed by atoms with Gasteiger partial charge in [0.15, 0.2) is 0 Å². The second-order valence-corrected chi connectivity index (χ2v) is 8.36. The minimum atomic E-state index is -1.00. The number of aryl methyl sites for hydroxylation is 2. The van der Waals surface area contributed by atoms with Crippen LogP contribution in [-0.2, 0) is 6.54 Å². The van der Waals surface area contributed by atoms with Crippen molar-refractivity contribution in [3.63, 3.8) is 0 Å². The average Bonchev–Trinajstić information content (AvgIpc) is 2.79. The first-order valence-corrected chi connectivity index (χ1v) is 10.8. The number of hydrogen-bond donors (Lipinski definition) is 1. The van der Waals surface area contributed by atoms with Gasteiger partial charge in [-0.05, 0) is 44.5 Å². The van der Waals surface area contributed by atoms with Gasteiger partial charge in [-0.15, -0.1) is 0 Å². The number of pyridine rings is 2. The van der Waals surface area contributed by atoms with Gasteiger partial charge in [0.05, 0.1) is 17.5 Å². The van der Waals surface area contributed by atoms with Gasteiger partial charge < -0.3 is 19.5 Å². The van der Waals surface area contributed by atoms with Crippen molar-refractivity contribution in [1.82, 2.24) is 19.8 Å². The lowest BCUT2D eigenvalue weighted by atomic mass is 9.97. The standard InChI is InChI=1S/C24H24N4O4/c1-3-27-13-18(20(29)17-10-9-15(2)25-21(17)27)23(31)28-12-6-11-24(14-28)26-22(30)16-7-4-5-8-19(16)32-24/h4-5,7-10,13H,3,6,11-12,14H2,1-2H3,(H,26,30). The number of piperidine rings is 1. The molecule has 5 rings (SSSR count). The molecule has 32 heavy (non-hydrogen) atoms. The van der Waals surface area contributed by atoms with Crippen LogP contribution >= 0.6 is 0 Å². The molecule has 1 spiro atoms. The Balaban J connectivity index is 1.50. The molecule has 1 fully saturated rings. The maximum Gasteiger partial charge on any atom is 0.259 e. The average molecular weight is 432 g/mol. The lowest BCUT2D eigenvalue weighted by Crippen LogP contribution is -2.65. The summed E-state index contributed by atoms with van der Waals surface area (Å²) in [5.41, 5.74) is 0.624. The number of benzene rings is 1. The van der Waals surface area contributed by atoms with Crippen molar-refractivity contribution in [3.05, 3.63) is 69.6 Å². The van der Waals surface area contributed by atoms with Crippen LogP contribution in [-0.4, -0.2) is 45.1 Å². The van der Waals surface area contributed by atoms with Crippen LogP contribution in [0.3, 0.4) is 0 Å². The SMILES string of the molecule is CCn1cc(C(=O)N2CCCC3(C2)NC(=O)c2ccccc2O3)c(=O)c2ccc(C)nc21. The molecule has 4 heterocycles. The number of hydrogen-bond acceptors (Lipinski definition) is 5. The zero-order valence-electron chi connectivity index (χ0n) is 18.1. The second kappa shape index (κ2) is 7.47.